The number of carbonyl (C=O) groups is 1. The van der Waals surface area contributed by atoms with Crippen molar-refractivity contribution in [1.82, 2.24) is 4.90 Å². The minimum atomic E-state index is -0.400. The van der Waals surface area contributed by atoms with Crippen LogP contribution in [0.25, 0.3) is 0 Å². The molecule has 0 N–H and O–H groups in total. The van der Waals surface area contributed by atoms with Gasteiger partial charge < -0.3 is 4.90 Å². The molecule has 1 aliphatic carbocycles. The number of amides is 1. The first-order valence-electron chi connectivity index (χ1n) is 5.76. The average Bonchev–Trinajstić information content (AvgIpc) is 3.14. The molecule has 1 unspecified atom stereocenters. The summed E-state index contributed by atoms with van der Waals surface area (Å²) in [4.78, 5) is 14.1. The van der Waals surface area contributed by atoms with Gasteiger partial charge in [-0.15, -0.1) is 12.6 Å². The summed E-state index contributed by atoms with van der Waals surface area (Å²) in [7, 11) is 1.80. The van der Waals surface area contributed by atoms with Crippen molar-refractivity contribution in [2.24, 2.45) is 5.92 Å². The summed E-state index contributed by atoms with van der Waals surface area (Å²) in [5.41, 5.74) is 0.492. The van der Waals surface area contributed by atoms with E-state index in [1.54, 1.807) is 11.9 Å². The highest BCUT2D eigenvalue weighted by Gasteiger charge is 2.32. The zero-order valence-corrected chi connectivity index (χ0v) is 10.9. The lowest BCUT2D eigenvalue weighted by Crippen LogP contribution is -2.36. The third-order valence-corrected chi connectivity index (χ3v) is 3.77. The molecule has 0 radical (unpaired) electrons. The smallest absolute Gasteiger partial charge is 0.253 e. The fraction of sp³-hybridized carbons (Fsp3) is 0.462. The number of halogens is 1. The molecule has 1 fully saturated rings. The Hall–Kier alpha value is -1.03. The zero-order valence-electron chi connectivity index (χ0n) is 9.98. The van der Waals surface area contributed by atoms with Crippen molar-refractivity contribution in [2.75, 3.05) is 7.05 Å². The van der Waals surface area contributed by atoms with Crippen LogP contribution in [0, 0.1) is 11.7 Å². The van der Waals surface area contributed by atoms with E-state index in [0.29, 0.717) is 11.5 Å². The molecule has 0 aliphatic heterocycles. The molecule has 2 rings (SSSR count). The Labute approximate surface area is 106 Å². The number of hydrogen-bond acceptors (Lipinski definition) is 2. The molecule has 1 aliphatic rings. The summed E-state index contributed by atoms with van der Waals surface area (Å²) >= 11 is 3.99. The van der Waals surface area contributed by atoms with Crippen LogP contribution >= 0.6 is 12.6 Å². The molecule has 92 valence electrons. The highest BCUT2D eigenvalue weighted by Crippen LogP contribution is 2.35. The van der Waals surface area contributed by atoms with Gasteiger partial charge in [0, 0.05) is 23.5 Å². The van der Waals surface area contributed by atoms with Gasteiger partial charge in [-0.1, -0.05) is 0 Å². The normalized spacial score (nSPS) is 16.7. The maximum absolute atomic E-state index is 13.1. The Morgan fingerprint density at radius 1 is 1.53 bits per heavy atom. The zero-order chi connectivity index (χ0) is 12.6. The number of carbonyl (C=O) groups excluding carboxylic acids is 1. The first-order valence-corrected chi connectivity index (χ1v) is 6.21. The number of hydrogen-bond donors (Lipinski definition) is 1. The first-order chi connectivity index (χ1) is 8.00. The van der Waals surface area contributed by atoms with Gasteiger partial charge >= 0.3 is 0 Å². The monoisotopic (exact) mass is 253 g/mol. The van der Waals surface area contributed by atoms with Crippen LogP contribution < -0.4 is 0 Å². The van der Waals surface area contributed by atoms with E-state index in [1.807, 2.05) is 0 Å². The van der Waals surface area contributed by atoms with Gasteiger partial charge in [-0.3, -0.25) is 4.79 Å². The lowest BCUT2D eigenvalue weighted by molar-refractivity contribution is 0.0727. The fourth-order valence-corrected chi connectivity index (χ4v) is 2.14. The summed E-state index contributed by atoms with van der Waals surface area (Å²) in [5.74, 6) is 0.155. The summed E-state index contributed by atoms with van der Waals surface area (Å²) < 4.78 is 13.1. The van der Waals surface area contributed by atoms with Gasteiger partial charge in [0.05, 0.1) is 0 Å². The molecule has 1 aromatic carbocycles. The maximum atomic E-state index is 13.1. The van der Waals surface area contributed by atoms with Crippen molar-refractivity contribution in [2.45, 2.75) is 30.7 Å². The minimum Gasteiger partial charge on any atom is -0.339 e. The second-order valence-corrected chi connectivity index (χ2v) is 5.14. The van der Waals surface area contributed by atoms with Crippen LogP contribution in [-0.2, 0) is 0 Å². The molecule has 0 heterocycles. The van der Waals surface area contributed by atoms with E-state index in [-0.39, 0.29) is 16.8 Å². The quantitative estimate of drug-likeness (QED) is 0.821. The maximum Gasteiger partial charge on any atom is 0.253 e. The lowest BCUT2D eigenvalue weighted by Gasteiger charge is -2.25. The van der Waals surface area contributed by atoms with E-state index in [9.17, 15) is 9.18 Å². The Kier molecular flexibility index (Phi) is 3.43. The number of benzene rings is 1. The minimum absolute atomic E-state index is 0.0697. The molecule has 0 saturated heterocycles. The number of nitrogens with zero attached hydrogens (tertiary/aromatic N) is 1. The summed E-state index contributed by atoms with van der Waals surface area (Å²) in [6.45, 7) is 2.06. The van der Waals surface area contributed by atoms with Crippen LogP contribution in [0.2, 0.25) is 0 Å². The highest BCUT2D eigenvalue weighted by molar-refractivity contribution is 7.80. The molecule has 0 aromatic heterocycles. The molecule has 4 heteroatoms. The second kappa shape index (κ2) is 4.69. The Morgan fingerprint density at radius 3 is 2.71 bits per heavy atom. The van der Waals surface area contributed by atoms with Gasteiger partial charge in [0.1, 0.15) is 5.82 Å². The first kappa shape index (κ1) is 12.4. The molecule has 1 aromatic rings. The predicted octanol–water partition coefficient (Wildman–Crippen LogP) is 2.98. The van der Waals surface area contributed by atoms with Crippen molar-refractivity contribution >= 4 is 18.5 Å². The molecule has 0 bridgehead atoms. The molecule has 2 nitrogen and oxygen atoms in total. The van der Waals surface area contributed by atoms with Gasteiger partial charge in [-0.25, -0.2) is 4.39 Å². The fourth-order valence-electron chi connectivity index (χ4n) is 1.93. The lowest BCUT2D eigenvalue weighted by atomic mass is 10.1. The Morgan fingerprint density at radius 2 is 2.18 bits per heavy atom. The van der Waals surface area contributed by atoms with E-state index in [1.165, 1.54) is 31.0 Å². The molecule has 1 atom stereocenters. The van der Waals surface area contributed by atoms with E-state index in [2.05, 4.69) is 19.6 Å². The topological polar surface area (TPSA) is 20.3 Å². The molecule has 0 spiro atoms. The third-order valence-electron chi connectivity index (χ3n) is 3.43. The van der Waals surface area contributed by atoms with Crippen molar-refractivity contribution in [1.29, 1.82) is 0 Å². The SMILES string of the molecule is CC(C1CC1)N(C)C(=O)c1ccc(F)c(S)c1. The van der Waals surface area contributed by atoms with Crippen molar-refractivity contribution in [3.63, 3.8) is 0 Å². The standard InChI is InChI=1S/C13H16FNOS/c1-8(9-3-4-9)15(2)13(16)10-5-6-11(14)12(17)7-10/h5-9,17H,3-4H2,1-2H3. The molecular weight excluding hydrogens is 237 g/mol. The van der Waals surface area contributed by atoms with Crippen LogP contribution in [0.4, 0.5) is 4.39 Å². The Bertz CT molecular complexity index is 445. The third kappa shape index (κ3) is 2.63. The van der Waals surface area contributed by atoms with Crippen molar-refractivity contribution < 1.29 is 9.18 Å². The van der Waals surface area contributed by atoms with Crippen LogP contribution in [0.15, 0.2) is 23.1 Å². The van der Waals surface area contributed by atoms with Gasteiger partial charge in [0.15, 0.2) is 0 Å². The molecular formula is C13H16FNOS. The second-order valence-electron chi connectivity index (χ2n) is 4.66. The van der Waals surface area contributed by atoms with Crippen LogP contribution in [-0.4, -0.2) is 23.9 Å². The molecule has 1 amide bonds. The van der Waals surface area contributed by atoms with E-state index in [4.69, 9.17) is 0 Å². The molecule has 17 heavy (non-hydrogen) atoms. The molecule has 1 saturated carbocycles. The van der Waals surface area contributed by atoms with Gasteiger partial charge in [0.25, 0.3) is 5.91 Å². The van der Waals surface area contributed by atoms with Crippen LogP contribution in [0.3, 0.4) is 0 Å². The van der Waals surface area contributed by atoms with Gasteiger partial charge in [-0.2, -0.15) is 0 Å². The van der Waals surface area contributed by atoms with E-state index >= 15 is 0 Å². The van der Waals surface area contributed by atoms with Gasteiger partial charge in [-0.05, 0) is 43.9 Å². The van der Waals surface area contributed by atoms with Crippen molar-refractivity contribution in [3.8, 4) is 0 Å². The Balaban J connectivity index is 2.15. The van der Waals surface area contributed by atoms with Crippen LogP contribution in [0.1, 0.15) is 30.1 Å². The number of rotatable bonds is 3. The highest BCUT2D eigenvalue weighted by atomic mass is 32.1. The predicted molar refractivity (Wildman–Crippen MR) is 67.9 cm³/mol. The largest absolute Gasteiger partial charge is 0.339 e. The van der Waals surface area contributed by atoms with Gasteiger partial charge in [0.2, 0.25) is 0 Å². The van der Waals surface area contributed by atoms with E-state index < -0.39 is 5.82 Å². The summed E-state index contributed by atoms with van der Waals surface area (Å²) in [5, 5.41) is 0. The van der Waals surface area contributed by atoms with E-state index in [0.717, 1.165) is 0 Å². The summed E-state index contributed by atoms with van der Waals surface area (Å²) in [6, 6.07) is 4.52. The number of thiol groups is 1. The van der Waals surface area contributed by atoms with Crippen LogP contribution in [0.5, 0.6) is 0 Å². The average molecular weight is 253 g/mol. The summed E-state index contributed by atoms with van der Waals surface area (Å²) in [6.07, 6.45) is 2.39. The van der Waals surface area contributed by atoms with Crippen molar-refractivity contribution in [3.05, 3.63) is 29.6 Å².